The van der Waals surface area contributed by atoms with Crippen LogP contribution in [0.25, 0.3) is 10.9 Å². The van der Waals surface area contributed by atoms with Crippen LogP contribution in [0.4, 0.5) is 0 Å². The monoisotopic (exact) mass is 398 g/mol. The lowest BCUT2D eigenvalue weighted by molar-refractivity contribution is -0.129. The third kappa shape index (κ3) is 4.70. The predicted octanol–water partition coefficient (Wildman–Crippen LogP) is 3.21. The van der Waals surface area contributed by atoms with E-state index in [0.717, 1.165) is 60.7 Å². The number of carbonyl (C=O) groups excluding carboxylic acids is 1. The van der Waals surface area contributed by atoms with Gasteiger partial charge in [-0.25, -0.2) is 0 Å². The number of H-pyrrole nitrogens is 1. The van der Waals surface area contributed by atoms with Crippen molar-refractivity contribution >= 4 is 16.8 Å². The Morgan fingerprint density at radius 3 is 2.62 bits per heavy atom. The zero-order valence-electron chi connectivity index (χ0n) is 17.0. The molecule has 2 fully saturated rings. The summed E-state index contributed by atoms with van der Waals surface area (Å²) < 4.78 is 11.5. The second-order valence-electron chi connectivity index (χ2n) is 8.28. The van der Waals surface area contributed by atoms with E-state index in [-0.39, 0.29) is 29.4 Å². The molecule has 2 aromatic rings. The van der Waals surface area contributed by atoms with E-state index < -0.39 is 0 Å². The molecule has 0 bridgehead atoms. The number of hydrogen-bond donors (Lipinski definition) is 2. The molecule has 2 N–H and O–H groups in total. The summed E-state index contributed by atoms with van der Waals surface area (Å²) in [6.45, 7) is 3.65. The molecule has 2 heterocycles. The molecule has 0 atom stereocenters. The van der Waals surface area contributed by atoms with Gasteiger partial charge in [-0.2, -0.15) is 0 Å². The van der Waals surface area contributed by atoms with Crippen LogP contribution in [0, 0.1) is 12.8 Å². The molecule has 1 aromatic carbocycles. The van der Waals surface area contributed by atoms with E-state index in [0.29, 0.717) is 19.8 Å². The highest BCUT2D eigenvalue weighted by molar-refractivity contribution is 5.79. The lowest BCUT2D eigenvalue weighted by Gasteiger charge is -2.31. The smallest absolute Gasteiger partial charge is 0.223 e. The van der Waals surface area contributed by atoms with Crippen molar-refractivity contribution in [1.29, 1.82) is 0 Å². The number of aromatic amines is 1. The molecule has 29 heavy (non-hydrogen) atoms. The molecule has 1 amide bonds. The second kappa shape index (κ2) is 9.09. The van der Waals surface area contributed by atoms with Crippen molar-refractivity contribution in [2.75, 3.05) is 13.2 Å². The van der Waals surface area contributed by atoms with E-state index in [2.05, 4.69) is 10.3 Å². The average molecular weight is 399 g/mol. The van der Waals surface area contributed by atoms with E-state index in [4.69, 9.17) is 9.47 Å². The summed E-state index contributed by atoms with van der Waals surface area (Å²) in [6.07, 6.45) is 5.55. The molecule has 6 nitrogen and oxygen atoms in total. The van der Waals surface area contributed by atoms with Crippen molar-refractivity contribution < 1.29 is 14.3 Å². The molecule has 1 saturated carbocycles. The first kappa shape index (κ1) is 20.1. The van der Waals surface area contributed by atoms with Crippen LogP contribution in [-0.2, 0) is 20.9 Å². The van der Waals surface area contributed by atoms with Gasteiger partial charge < -0.3 is 19.8 Å². The number of pyridine rings is 1. The highest BCUT2D eigenvalue weighted by Gasteiger charge is 2.27. The van der Waals surface area contributed by atoms with E-state index in [1.165, 1.54) is 0 Å². The highest BCUT2D eigenvalue weighted by Crippen LogP contribution is 2.24. The number of para-hydroxylation sites is 1. The summed E-state index contributed by atoms with van der Waals surface area (Å²) in [6, 6.07) is 7.82. The maximum atomic E-state index is 12.6. The van der Waals surface area contributed by atoms with Gasteiger partial charge in [0, 0.05) is 47.3 Å². The Balaban J connectivity index is 1.28. The number of ether oxygens (including phenoxy) is 2. The van der Waals surface area contributed by atoms with Crippen LogP contribution >= 0.6 is 0 Å². The summed E-state index contributed by atoms with van der Waals surface area (Å²) in [5, 5.41) is 3.94. The topological polar surface area (TPSA) is 80.4 Å². The van der Waals surface area contributed by atoms with Gasteiger partial charge in [-0.05, 0) is 57.6 Å². The van der Waals surface area contributed by atoms with Gasteiger partial charge in [-0.1, -0.05) is 12.1 Å². The first-order valence-electron chi connectivity index (χ1n) is 10.7. The fraction of sp³-hybridized carbons (Fsp3) is 0.565. The number of benzene rings is 1. The van der Waals surface area contributed by atoms with Gasteiger partial charge in [0.05, 0.1) is 12.7 Å². The second-order valence-corrected chi connectivity index (χ2v) is 8.28. The molecule has 6 heteroatoms. The van der Waals surface area contributed by atoms with Crippen molar-refractivity contribution in [2.45, 2.75) is 64.2 Å². The Hall–Kier alpha value is -2.18. The number of fused-ring (bicyclic) bond motifs is 1. The van der Waals surface area contributed by atoms with Gasteiger partial charge in [-0.3, -0.25) is 9.59 Å². The van der Waals surface area contributed by atoms with Crippen LogP contribution in [0.5, 0.6) is 0 Å². The number of rotatable bonds is 5. The van der Waals surface area contributed by atoms with E-state index in [1.807, 2.05) is 31.2 Å². The number of nitrogens with one attached hydrogen (secondary N) is 2. The van der Waals surface area contributed by atoms with Crippen molar-refractivity contribution in [3.05, 3.63) is 45.7 Å². The molecule has 2 aliphatic rings. The number of amides is 1. The minimum atomic E-state index is 0.0671. The van der Waals surface area contributed by atoms with E-state index in [1.54, 1.807) is 0 Å². The van der Waals surface area contributed by atoms with Crippen LogP contribution in [-0.4, -0.2) is 36.3 Å². The lowest BCUT2D eigenvalue weighted by atomic mass is 9.91. The lowest BCUT2D eigenvalue weighted by Crippen LogP contribution is -2.43. The molecule has 0 unspecified atom stereocenters. The molecule has 1 aromatic heterocycles. The normalized spacial score (nSPS) is 23.2. The van der Waals surface area contributed by atoms with Crippen LogP contribution in [0.3, 0.4) is 0 Å². The van der Waals surface area contributed by atoms with E-state index >= 15 is 0 Å². The number of hydrogen-bond acceptors (Lipinski definition) is 4. The molecular formula is C23H30N2O4. The largest absolute Gasteiger partial charge is 0.381 e. The molecule has 1 aliphatic carbocycles. The Morgan fingerprint density at radius 2 is 1.86 bits per heavy atom. The van der Waals surface area contributed by atoms with Crippen LogP contribution < -0.4 is 10.7 Å². The summed E-state index contributed by atoms with van der Waals surface area (Å²) in [5.41, 5.74) is 2.49. The predicted molar refractivity (Wildman–Crippen MR) is 112 cm³/mol. The van der Waals surface area contributed by atoms with Crippen molar-refractivity contribution in [2.24, 2.45) is 5.92 Å². The SMILES string of the molecule is Cc1c(CO[C@H]2CC[C@H](NC(=O)C3CCOCC3)CC2)[nH]c2ccccc2c1=O. The number of carbonyl (C=O) groups is 1. The highest BCUT2D eigenvalue weighted by atomic mass is 16.5. The van der Waals surface area contributed by atoms with Crippen LogP contribution in [0.15, 0.2) is 29.1 Å². The quantitative estimate of drug-likeness (QED) is 0.810. The maximum Gasteiger partial charge on any atom is 0.223 e. The van der Waals surface area contributed by atoms with Crippen LogP contribution in [0.2, 0.25) is 0 Å². The minimum absolute atomic E-state index is 0.0671. The maximum absolute atomic E-state index is 12.6. The van der Waals surface area contributed by atoms with Gasteiger partial charge in [0.1, 0.15) is 0 Å². The molecule has 0 spiro atoms. The Kier molecular flexibility index (Phi) is 6.31. The first-order valence-corrected chi connectivity index (χ1v) is 10.7. The van der Waals surface area contributed by atoms with Crippen LogP contribution in [0.1, 0.15) is 49.8 Å². The minimum Gasteiger partial charge on any atom is -0.381 e. The summed E-state index contributed by atoms with van der Waals surface area (Å²) in [4.78, 5) is 28.3. The Morgan fingerprint density at radius 1 is 1.14 bits per heavy atom. The Labute approximate surface area is 171 Å². The molecule has 4 rings (SSSR count). The van der Waals surface area contributed by atoms with Crippen molar-refractivity contribution in [3.8, 4) is 0 Å². The van der Waals surface area contributed by atoms with Gasteiger partial charge in [-0.15, -0.1) is 0 Å². The fourth-order valence-corrected chi connectivity index (χ4v) is 4.38. The van der Waals surface area contributed by atoms with E-state index in [9.17, 15) is 9.59 Å². The third-order valence-electron chi connectivity index (χ3n) is 6.33. The fourth-order valence-electron chi connectivity index (χ4n) is 4.38. The van der Waals surface area contributed by atoms with Gasteiger partial charge in [0.25, 0.3) is 0 Å². The molecule has 0 radical (unpaired) electrons. The molecule has 1 saturated heterocycles. The summed E-state index contributed by atoms with van der Waals surface area (Å²) in [5.74, 6) is 0.285. The van der Waals surface area contributed by atoms with Gasteiger partial charge in [0.15, 0.2) is 5.43 Å². The third-order valence-corrected chi connectivity index (χ3v) is 6.33. The van der Waals surface area contributed by atoms with Gasteiger partial charge >= 0.3 is 0 Å². The first-order chi connectivity index (χ1) is 14.1. The Bertz CT molecular complexity index is 909. The van der Waals surface area contributed by atoms with Crippen molar-refractivity contribution in [1.82, 2.24) is 10.3 Å². The van der Waals surface area contributed by atoms with Gasteiger partial charge in [0.2, 0.25) is 5.91 Å². The molecular weight excluding hydrogens is 368 g/mol. The zero-order valence-corrected chi connectivity index (χ0v) is 17.0. The average Bonchev–Trinajstić information content (AvgIpc) is 2.77. The van der Waals surface area contributed by atoms with Crippen molar-refractivity contribution in [3.63, 3.8) is 0 Å². The molecule has 1 aliphatic heterocycles. The standard InChI is InChI=1S/C23H30N2O4/c1-15-21(25-20-5-3-2-4-19(20)22(15)26)14-29-18-8-6-17(7-9-18)24-23(27)16-10-12-28-13-11-16/h2-5,16-18H,6-14H2,1H3,(H,24,27)(H,25,26)/t17-,18-. The summed E-state index contributed by atoms with van der Waals surface area (Å²) in [7, 11) is 0. The molecule has 156 valence electrons. The number of aromatic nitrogens is 1. The zero-order chi connectivity index (χ0) is 20.2. The summed E-state index contributed by atoms with van der Waals surface area (Å²) >= 11 is 0.